The van der Waals surface area contributed by atoms with Gasteiger partial charge in [0.15, 0.2) is 0 Å². The van der Waals surface area contributed by atoms with Crippen LogP contribution in [0.2, 0.25) is 0 Å². The Bertz CT molecular complexity index is 31.1. The van der Waals surface area contributed by atoms with Crippen molar-refractivity contribution in [3.63, 3.8) is 0 Å². The highest BCUT2D eigenvalue weighted by atomic mass is 14.8. The minimum absolute atomic E-state index is 0. The third-order valence-electron chi connectivity index (χ3n) is 0.854. The highest BCUT2D eigenvalue weighted by molar-refractivity contribution is 4.50. The molecule has 2 heteroatoms. The summed E-state index contributed by atoms with van der Waals surface area (Å²) in [5, 5.41) is 3.11. The van der Waals surface area contributed by atoms with Crippen molar-refractivity contribution in [2.75, 3.05) is 13.1 Å². The fourth-order valence-corrected chi connectivity index (χ4v) is 0.250. The van der Waals surface area contributed by atoms with E-state index in [-0.39, 0.29) is 6.15 Å². The monoisotopic (exact) mass is 132 g/mol. The van der Waals surface area contributed by atoms with Gasteiger partial charge in [-0.3, -0.25) is 0 Å². The molecule has 58 valence electrons. The van der Waals surface area contributed by atoms with Gasteiger partial charge >= 0.3 is 0 Å². The largest absolute Gasteiger partial charge is 0.344 e. The smallest absolute Gasteiger partial charge is 0.00775 e. The molecule has 0 unspecified atom stereocenters. The Morgan fingerprint density at radius 3 is 1.33 bits per heavy atom. The van der Waals surface area contributed by atoms with E-state index in [0.717, 1.165) is 13.1 Å². The van der Waals surface area contributed by atoms with Gasteiger partial charge in [0.1, 0.15) is 0 Å². The van der Waals surface area contributed by atoms with Gasteiger partial charge in [0.25, 0.3) is 0 Å². The maximum Gasteiger partial charge on any atom is -0.00775 e. The van der Waals surface area contributed by atoms with Gasteiger partial charge in [-0.1, -0.05) is 33.1 Å². The molecule has 1 saturated carbocycles. The molecule has 2 nitrogen and oxygen atoms in total. The third kappa shape index (κ3) is 32.6. The zero-order chi connectivity index (χ0) is 6.24. The molecule has 0 radical (unpaired) electrons. The molecular formula is C7H20N2. The van der Waals surface area contributed by atoms with Gasteiger partial charge in [0, 0.05) is 0 Å². The zero-order valence-corrected chi connectivity index (χ0v) is 6.74. The molecule has 0 atom stereocenters. The molecule has 9 heavy (non-hydrogen) atoms. The van der Waals surface area contributed by atoms with Crippen molar-refractivity contribution in [1.82, 2.24) is 11.5 Å². The Morgan fingerprint density at radius 1 is 1.00 bits per heavy atom. The number of hydrogen-bond acceptors (Lipinski definition) is 2. The van der Waals surface area contributed by atoms with Crippen LogP contribution in [0.15, 0.2) is 0 Å². The Morgan fingerprint density at radius 2 is 1.33 bits per heavy atom. The van der Waals surface area contributed by atoms with Gasteiger partial charge in [-0.2, -0.15) is 0 Å². The summed E-state index contributed by atoms with van der Waals surface area (Å²) in [5.41, 5.74) is 0. The molecule has 0 aromatic rings. The summed E-state index contributed by atoms with van der Waals surface area (Å²) in [6.07, 6.45) is 4.50. The maximum absolute atomic E-state index is 3.11. The lowest BCUT2D eigenvalue weighted by Gasteiger charge is -1.86. The predicted octanol–water partition coefficient (Wildman–Crippen LogP) is 1.95. The van der Waals surface area contributed by atoms with Gasteiger partial charge in [0.05, 0.1) is 0 Å². The van der Waals surface area contributed by atoms with Crippen LogP contribution in [-0.4, -0.2) is 13.1 Å². The van der Waals surface area contributed by atoms with Crippen LogP contribution in [-0.2, 0) is 0 Å². The molecule has 0 bridgehead atoms. The molecule has 0 heterocycles. The highest BCUT2D eigenvalue weighted by Crippen LogP contribution is 2.14. The Labute approximate surface area is 58.6 Å². The van der Waals surface area contributed by atoms with Gasteiger partial charge in [-0.25, -0.2) is 0 Å². The van der Waals surface area contributed by atoms with Crippen LogP contribution in [0.1, 0.15) is 33.1 Å². The van der Waals surface area contributed by atoms with Crippen LogP contribution in [0, 0.1) is 0 Å². The lowest BCUT2D eigenvalue weighted by Crippen LogP contribution is -2.09. The molecule has 1 rings (SSSR count). The summed E-state index contributed by atoms with van der Waals surface area (Å²) in [7, 11) is 0. The molecule has 4 N–H and O–H groups in total. The summed E-state index contributed by atoms with van der Waals surface area (Å²) in [6.45, 7) is 6.39. The molecule has 1 aliphatic carbocycles. The van der Waals surface area contributed by atoms with E-state index in [2.05, 4.69) is 19.2 Å². The molecule has 0 amide bonds. The molecule has 1 fully saturated rings. The highest BCUT2D eigenvalue weighted by Gasteiger charge is 1.95. The fourth-order valence-electron chi connectivity index (χ4n) is 0.250. The van der Waals surface area contributed by atoms with Gasteiger partial charge < -0.3 is 11.5 Å². The number of hydrogen-bond donors (Lipinski definition) is 2. The van der Waals surface area contributed by atoms with E-state index in [1.807, 2.05) is 0 Å². The second-order valence-corrected chi connectivity index (χ2v) is 2.02. The lowest BCUT2D eigenvalue weighted by atomic mass is 10.7. The van der Waals surface area contributed by atoms with Crippen LogP contribution in [0.3, 0.4) is 0 Å². The Balaban J connectivity index is 0. The number of nitrogens with one attached hydrogen (secondary N) is 1. The van der Waals surface area contributed by atoms with Crippen LogP contribution in [0.25, 0.3) is 0 Å². The van der Waals surface area contributed by atoms with E-state index in [4.69, 9.17) is 0 Å². The van der Waals surface area contributed by atoms with Gasteiger partial charge in [-0.15, -0.1) is 0 Å². The van der Waals surface area contributed by atoms with Crippen LogP contribution >= 0.6 is 0 Å². The summed E-state index contributed by atoms with van der Waals surface area (Å²) in [4.78, 5) is 0. The molecule has 1 aliphatic rings. The van der Waals surface area contributed by atoms with Gasteiger partial charge in [0.2, 0.25) is 0 Å². The van der Waals surface area contributed by atoms with Crippen molar-refractivity contribution in [3.05, 3.63) is 0 Å². The summed E-state index contributed by atoms with van der Waals surface area (Å²) < 4.78 is 0. The summed E-state index contributed by atoms with van der Waals surface area (Å²) in [6, 6.07) is 0. The third-order valence-corrected chi connectivity index (χ3v) is 0.854. The van der Waals surface area contributed by atoms with Crippen molar-refractivity contribution < 1.29 is 0 Å². The normalized spacial score (nSPS) is 12.7. The molecule has 0 saturated heterocycles. The number of rotatable bonds is 2. The van der Waals surface area contributed by atoms with Gasteiger partial charge in [-0.05, 0) is 13.1 Å². The molecule has 0 spiro atoms. The first-order valence-corrected chi connectivity index (χ1v) is 3.62. The first-order chi connectivity index (χ1) is 3.91. The molecule has 0 aromatic carbocycles. The summed E-state index contributed by atoms with van der Waals surface area (Å²) >= 11 is 0. The average Bonchev–Trinajstić information content (AvgIpc) is 2.50. The second kappa shape index (κ2) is 10.8. The minimum atomic E-state index is 0. The fraction of sp³-hybridized carbons (Fsp3) is 1.00. The van der Waals surface area contributed by atoms with Crippen molar-refractivity contribution in [2.24, 2.45) is 0 Å². The van der Waals surface area contributed by atoms with E-state index < -0.39 is 0 Å². The molecular weight excluding hydrogens is 112 g/mol. The standard InChI is InChI=1S/C4H11N.C3H6.H3N/c1-3-5-4-2;1-2-3-1;/h5H,3-4H2,1-2H3;1-3H2;1H3. The van der Waals surface area contributed by atoms with Crippen molar-refractivity contribution in [1.29, 1.82) is 0 Å². The van der Waals surface area contributed by atoms with E-state index >= 15 is 0 Å². The van der Waals surface area contributed by atoms with Crippen molar-refractivity contribution in [3.8, 4) is 0 Å². The van der Waals surface area contributed by atoms with Crippen molar-refractivity contribution in [2.45, 2.75) is 33.1 Å². The van der Waals surface area contributed by atoms with Crippen LogP contribution < -0.4 is 11.5 Å². The summed E-state index contributed by atoms with van der Waals surface area (Å²) in [5.74, 6) is 0. The first-order valence-electron chi connectivity index (χ1n) is 3.62. The van der Waals surface area contributed by atoms with Crippen LogP contribution in [0.4, 0.5) is 0 Å². The zero-order valence-electron chi connectivity index (χ0n) is 6.74. The topological polar surface area (TPSA) is 47.0 Å². The first kappa shape index (κ1) is 11.7. The SMILES string of the molecule is C1CC1.CCNCC.N. The molecule has 0 aliphatic heterocycles. The Hall–Kier alpha value is -0.0800. The van der Waals surface area contributed by atoms with E-state index in [1.54, 1.807) is 0 Å². The van der Waals surface area contributed by atoms with E-state index in [9.17, 15) is 0 Å². The van der Waals surface area contributed by atoms with Crippen LogP contribution in [0.5, 0.6) is 0 Å². The lowest BCUT2D eigenvalue weighted by molar-refractivity contribution is 0.762. The van der Waals surface area contributed by atoms with E-state index in [0.29, 0.717) is 0 Å². The minimum Gasteiger partial charge on any atom is -0.344 e. The second-order valence-electron chi connectivity index (χ2n) is 2.02. The van der Waals surface area contributed by atoms with E-state index in [1.165, 1.54) is 19.3 Å². The quantitative estimate of drug-likeness (QED) is 0.603. The predicted molar refractivity (Wildman–Crippen MR) is 43.1 cm³/mol. The molecule has 0 aromatic heterocycles. The Kier molecular flexibility index (Phi) is 14.0. The average molecular weight is 132 g/mol. The van der Waals surface area contributed by atoms with Crippen molar-refractivity contribution >= 4 is 0 Å². The maximum atomic E-state index is 3.11.